The third-order valence-electron chi connectivity index (χ3n) is 1.57. The molecule has 9 nitrogen and oxygen atoms in total. The molecule has 0 bridgehead atoms. The molecule has 0 aromatic heterocycles. The van der Waals surface area contributed by atoms with Gasteiger partial charge in [0.25, 0.3) is 0 Å². The van der Waals surface area contributed by atoms with Crippen molar-refractivity contribution in [2.75, 3.05) is 0 Å². The maximum Gasteiger partial charge on any atom is 0.455 e. The summed E-state index contributed by atoms with van der Waals surface area (Å²) in [7, 11) is 0. The Hall–Kier alpha value is -2.49. The first-order valence-corrected chi connectivity index (χ1v) is 5.78. The van der Waals surface area contributed by atoms with Crippen molar-refractivity contribution in [2.45, 2.75) is 25.8 Å². The lowest BCUT2D eigenvalue weighted by Gasteiger charge is -2.14. The van der Waals surface area contributed by atoms with Crippen molar-refractivity contribution in [1.82, 2.24) is 0 Å². The molecule has 9 heteroatoms. The Balaban J connectivity index is 0. The monoisotopic (exact) mass is 318 g/mol. The zero-order valence-electron chi connectivity index (χ0n) is 11.9. The van der Waals surface area contributed by atoms with E-state index in [0.717, 1.165) is 12.2 Å². The van der Waals surface area contributed by atoms with Crippen molar-refractivity contribution in [2.24, 2.45) is 0 Å². The lowest BCUT2D eigenvalue weighted by atomic mass is 10.4. The van der Waals surface area contributed by atoms with Gasteiger partial charge in [-0.15, -0.1) is 0 Å². The van der Waals surface area contributed by atoms with Gasteiger partial charge in [-0.05, 0) is 0 Å². The number of carbonyl (C=O) groups is 3. The second kappa shape index (κ2) is 11.2. The summed E-state index contributed by atoms with van der Waals surface area (Å²) in [5, 5.41) is 23.8. The van der Waals surface area contributed by atoms with Crippen LogP contribution < -0.4 is 0 Å². The summed E-state index contributed by atoms with van der Waals surface area (Å²) in [5.41, 5.74) is 0. The van der Waals surface area contributed by atoms with E-state index in [9.17, 15) is 14.4 Å². The molecule has 0 unspecified atom stereocenters. The molecule has 0 aliphatic carbocycles. The van der Waals surface area contributed by atoms with E-state index in [1.54, 1.807) is 6.92 Å². The molecule has 0 radical (unpaired) electrons. The number of hydrogen-bond acceptors (Lipinski definition) is 9. The van der Waals surface area contributed by atoms with Crippen LogP contribution in [0.5, 0.6) is 0 Å². The fourth-order valence-electron chi connectivity index (χ4n) is 0.723. The van der Waals surface area contributed by atoms with Gasteiger partial charge in [0.05, 0.1) is 0 Å². The van der Waals surface area contributed by atoms with Crippen molar-refractivity contribution in [3.63, 3.8) is 0 Å². The van der Waals surface area contributed by atoms with Crippen molar-refractivity contribution in [1.29, 1.82) is 0 Å². The Morgan fingerprint density at radius 2 is 1.32 bits per heavy atom. The number of rotatable bonds is 7. The first-order valence-electron chi connectivity index (χ1n) is 5.78. The smallest absolute Gasteiger partial charge is 0.422 e. The van der Waals surface area contributed by atoms with E-state index in [4.69, 9.17) is 15.3 Å². The quantitative estimate of drug-likeness (QED) is 0.321. The molecule has 0 saturated carbocycles. The number of carbonyl (C=O) groups excluding carboxylic acids is 3. The molecular formula is C13H18O9. The largest absolute Gasteiger partial charge is 0.455 e. The van der Waals surface area contributed by atoms with Gasteiger partial charge in [-0.25, -0.2) is 14.4 Å². The van der Waals surface area contributed by atoms with Crippen LogP contribution in [0.25, 0.3) is 0 Å². The average Bonchev–Trinajstić information content (AvgIpc) is 2.44. The molecule has 0 amide bonds. The highest BCUT2D eigenvalue weighted by Gasteiger charge is 2.22. The van der Waals surface area contributed by atoms with Gasteiger partial charge in [-0.2, -0.15) is 0 Å². The third kappa shape index (κ3) is 13.9. The van der Waals surface area contributed by atoms with Gasteiger partial charge >= 0.3 is 24.1 Å². The standard InChI is InChI=1S/C9H12O4.C4H6O5/c1-4-7(10)12-9(6-3)13-8(11)5-2;1-2-3(5)9-4(6,7)8/h4-5,9H,1-2,6H2,3H3;2,6-8H,1H2. The van der Waals surface area contributed by atoms with Crippen LogP contribution in [0, 0.1) is 0 Å². The van der Waals surface area contributed by atoms with Crippen LogP contribution in [-0.4, -0.2) is 45.7 Å². The fourth-order valence-corrected chi connectivity index (χ4v) is 0.723. The summed E-state index contributed by atoms with van der Waals surface area (Å²) in [5.74, 6) is -2.37. The van der Waals surface area contributed by atoms with Crippen LogP contribution in [0.15, 0.2) is 38.0 Å². The van der Waals surface area contributed by atoms with E-state index in [-0.39, 0.29) is 0 Å². The molecule has 0 fully saturated rings. The van der Waals surface area contributed by atoms with Crippen molar-refractivity contribution in [3.8, 4) is 0 Å². The van der Waals surface area contributed by atoms with E-state index in [0.29, 0.717) is 12.5 Å². The summed E-state index contributed by atoms with van der Waals surface area (Å²) >= 11 is 0. The van der Waals surface area contributed by atoms with E-state index < -0.39 is 30.4 Å². The number of aliphatic hydroxyl groups is 3. The van der Waals surface area contributed by atoms with Crippen LogP contribution in [0.4, 0.5) is 0 Å². The molecule has 3 N–H and O–H groups in total. The maximum atomic E-state index is 10.7. The number of ether oxygens (including phenoxy) is 3. The number of hydrogen-bond donors (Lipinski definition) is 3. The average molecular weight is 318 g/mol. The van der Waals surface area contributed by atoms with Crippen LogP contribution in [-0.2, 0) is 28.6 Å². The van der Waals surface area contributed by atoms with Crippen LogP contribution in [0.2, 0.25) is 0 Å². The van der Waals surface area contributed by atoms with Gasteiger partial charge in [0, 0.05) is 24.6 Å². The second-order valence-corrected chi connectivity index (χ2v) is 3.32. The molecule has 0 aliphatic rings. The van der Waals surface area contributed by atoms with Crippen molar-refractivity contribution in [3.05, 3.63) is 38.0 Å². The van der Waals surface area contributed by atoms with Crippen molar-refractivity contribution >= 4 is 17.9 Å². The molecule has 0 rings (SSSR count). The molecular weight excluding hydrogens is 300 g/mol. The highest BCUT2D eigenvalue weighted by atomic mass is 16.9. The molecule has 0 heterocycles. The van der Waals surface area contributed by atoms with Crippen LogP contribution in [0.1, 0.15) is 13.3 Å². The summed E-state index contributed by atoms with van der Waals surface area (Å²) in [6.45, 7) is 11.1. The Bertz CT molecular complexity index is 398. The first-order chi connectivity index (χ1) is 10.1. The Morgan fingerprint density at radius 3 is 1.50 bits per heavy atom. The van der Waals surface area contributed by atoms with Gasteiger partial charge in [0.2, 0.25) is 6.29 Å². The number of esters is 3. The molecule has 0 aliphatic heterocycles. The summed E-state index contributed by atoms with van der Waals surface area (Å²) < 4.78 is 12.8. The van der Waals surface area contributed by atoms with Gasteiger partial charge in [-0.3, -0.25) is 0 Å². The highest BCUT2D eigenvalue weighted by Crippen LogP contribution is 2.01. The molecule has 0 aromatic rings. The summed E-state index contributed by atoms with van der Waals surface area (Å²) in [6, 6.07) is 0. The Labute approximate surface area is 126 Å². The minimum Gasteiger partial charge on any atom is -0.422 e. The van der Waals surface area contributed by atoms with Gasteiger partial charge < -0.3 is 29.5 Å². The molecule has 0 saturated heterocycles. The van der Waals surface area contributed by atoms with Crippen LogP contribution in [0.3, 0.4) is 0 Å². The predicted octanol–water partition coefficient (Wildman–Crippen LogP) is -0.515. The minimum absolute atomic E-state index is 0.388. The second-order valence-electron chi connectivity index (χ2n) is 3.32. The van der Waals surface area contributed by atoms with Gasteiger partial charge in [0.1, 0.15) is 0 Å². The molecule has 124 valence electrons. The van der Waals surface area contributed by atoms with E-state index in [1.807, 2.05) is 0 Å². The first kappa shape index (κ1) is 21.8. The molecule has 22 heavy (non-hydrogen) atoms. The normalized spacial score (nSPS) is 9.68. The van der Waals surface area contributed by atoms with E-state index in [1.165, 1.54) is 0 Å². The lowest BCUT2D eigenvalue weighted by Crippen LogP contribution is -2.33. The fraction of sp³-hybridized carbons (Fsp3) is 0.308. The van der Waals surface area contributed by atoms with Crippen molar-refractivity contribution < 1.29 is 43.9 Å². The minimum atomic E-state index is -3.40. The van der Waals surface area contributed by atoms with Crippen LogP contribution >= 0.6 is 0 Å². The van der Waals surface area contributed by atoms with E-state index in [2.05, 4.69) is 33.9 Å². The maximum absolute atomic E-state index is 10.7. The topological polar surface area (TPSA) is 140 Å². The van der Waals surface area contributed by atoms with Gasteiger partial charge in [-0.1, -0.05) is 26.7 Å². The Kier molecular flexibility index (Phi) is 11.1. The summed E-state index contributed by atoms with van der Waals surface area (Å²) in [6.07, 6.45) is -1.19. The zero-order chi connectivity index (χ0) is 17.8. The summed E-state index contributed by atoms with van der Waals surface area (Å²) in [4.78, 5) is 31.4. The SMILES string of the molecule is C=CC(=O)OC(CC)OC(=O)C=C.C=CC(=O)OC(O)(O)O. The van der Waals surface area contributed by atoms with Gasteiger partial charge in [0.15, 0.2) is 0 Å². The molecule has 0 spiro atoms. The third-order valence-corrected chi connectivity index (χ3v) is 1.57. The highest BCUT2D eigenvalue weighted by molar-refractivity contribution is 5.83. The molecule has 0 aromatic carbocycles. The predicted molar refractivity (Wildman–Crippen MR) is 72.3 cm³/mol. The molecule has 0 atom stereocenters. The lowest BCUT2D eigenvalue weighted by molar-refractivity contribution is -0.434. The zero-order valence-corrected chi connectivity index (χ0v) is 11.9. The van der Waals surface area contributed by atoms with E-state index >= 15 is 0 Å². The Morgan fingerprint density at radius 1 is 0.955 bits per heavy atom.